The summed E-state index contributed by atoms with van der Waals surface area (Å²) in [6.45, 7) is 2.15. The van der Waals surface area contributed by atoms with Gasteiger partial charge in [-0.15, -0.1) is 0 Å². The van der Waals surface area contributed by atoms with Crippen molar-refractivity contribution in [1.29, 1.82) is 0 Å². The molecule has 2 heterocycles. The fourth-order valence-electron chi connectivity index (χ4n) is 2.15. The summed E-state index contributed by atoms with van der Waals surface area (Å²) in [5.41, 5.74) is 2.77. The highest BCUT2D eigenvalue weighted by atomic mass is 15.1. The second-order valence-corrected chi connectivity index (χ2v) is 4.34. The van der Waals surface area contributed by atoms with Crippen molar-refractivity contribution in [3.05, 3.63) is 48.5 Å². The number of nitrogens with one attached hydrogen (secondary N) is 2. The fourth-order valence-corrected chi connectivity index (χ4v) is 2.15. The van der Waals surface area contributed by atoms with Crippen LogP contribution >= 0.6 is 0 Å². The van der Waals surface area contributed by atoms with E-state index in [1.807, 2.05) is 18.2 Å². The van der Waals surface area contributed by atoms with E-state index < -0.39 is 0 Å². The van der Waals surface area contributed by atoms with Crippen molar-refractivity contribution in [2.75, 3.05) is 5.32 Å². The van der Waals surface area contributed by atoms with Gasteiger partial charge in [0.2, 0.25) is 0 Å². The van der Waals surface area contributed by atoms with Crippen molar-refractivity contribution in [1.82, 2.24) is 19.9 Å². The Hall–Kier alpha value is -2.43. The molecule has 2 aromatic heterocycles. The van der Waals surface area contributed by atoms with Crippen LogP contribution in [-0.4, -0.2) is 19.9 Å². The zero-order chi connectivity index (χ0) is 13.1. The molecule has 1 aromatic carbocycles. The Balaban J connectivity index is 1.93. The number of nitrogens with zero attached hydrogens (tertiary/aromatic N) is 3. The molecule has 0 fully saturated rings. The van der Waals surface area contributed by atoms with Gasteiger partial charge in [0, 0.05) is 0 Å². The fraction of sp³-hybridized carbons (Fsp3) is 0.214. The van der Waals surface area contributed by atoms with E-state index in [2.05, 4.69) is 44.3 Å². The summed E-state index contributed by atoms with van der Waals surface area (Å²) in [6, 6.07) is 10.6. The zero-order valence-corrected chi connectivity index (χ0v) is 10.7. The van der Waals surface area contributed by atoms with E-state index in [9.17, 15) is 0 Å². The lowest BCUT2D eigenvalue weighted by Crippen LogP contribution is -2.11. The van der Waals surface area contributed by atoms with Crippen LogP contribution in [0.5, 0.6) is 0 Å². The van der Waals surface area contributed by atoms with E-state index in [1.165, 1.54) is 11.9 Å². The second kappa shape index (κ2) is 5.06. The van der Waals surface area contributed by atoms with Gasteiger partial charge in [0.25, 0.3) is 0 Å². The maximum Gasteiger partial charge on any atom is 0.182 e. The van der Waals surface area contributed by atoms with Crippen molar-refractivity contribution < 1.29 is 0 Å². The molecule has 0 amide bonds. The van der Waals surface area contributed by atoms with Gasteiger partial charge in [-0.2, -0.15) is 0 Å². The Morgan fingerprint density at radius 2 is 2.00 bits per heavy atom. The molecule has 1 atom stereocenters. The predicted octanol–water partition coefficient (Wildman–Crippen LogP) is 2.92. The number of imidazole rings is 1. The van der Waals surface area contributed by atoms with E-state index in [1.54, 1.807) is 6.33 Å². The number of anilines is 1. The van der Waals surface area contributed by atoms with Gasteiger partial charge in [-0.3, -0.25) is 0 Å². The first kappa shape index (κ1) is 11.6. The Bertz CT molecular complexity index is 662. The number of aromatic amines is 1. The van der Waals surface area contributed by atoms with E-state index in [4.69, 9.17) is 0 Å². The van der Waals surface area contributed by atoms with Crippen molar-refractivity contribution >= 4 is 17.0 Å². The Morgan fingerprint density at radius 3 is 2.79 bits per heavy atom. The molecule has 0 saturated carbocycles. The normalized spacial score (nSPS) is 12.5. The maximum atomic E-state index is 4.30. The van der Waals surface area contributed by atoms with Crippen LogP contribution in [-0.2, 0) is 0 Å². The average molecular weight is 253 g/mol. The van der Waals surface area contributed by atoms with Crippen molar-refractivity contribution in [3.8, 4) is 0 Å². The molecule has 0 bridgehead atoms. The average Bonchev–Trinajstić information content (AvgIpc) is 2.95. The third-order valence-electron chi connectivity index (χ3n) is 3.14. The van der Waals surface area contributed by atoms with Gasteiger partial charge in [-0.05, 0) is 12.0 Å². The lowest BCUT2D eigenvalue weighted by atomic mass is 10.0. The third-order valence-corrected chi connectivity index (χ3v) is 3.14. The molecule has 0 aliphatic rings. The van der Waals surface area contributed by atoms with Gasteiger partial charge >= 0.3 is 0 Å². The van der Waals surface area contributed by atoms with Gasteiger partial charge < -0.3 is 10.3 Å². The molecule has 0 spiro atoms. The summed E-state index contributed by atoms with van der Waals surface area (Å²) >= 11 is 0. The molecule has 5 nitrogen and oxygen atoms in total. The molecule has 96 valence electrons. The van der Waals surface area contributed by atoms with Crippen molar-refractivity contribution in [3.63, 3.8) is 0 Å². The Morgan fingerprint density at radius 1 is 1.16 bits per heavy atom. The quantitative estimate of drug-likeness (QED) is 0.750. The Kier molecular flexibility index (Phi) is 3.10. The minimum atomic E-state index is 0.225. The minimum Gasteiger partial charge on any atom is -0.361 e. The molecule has 5 heteroatoms. The summed E-state index contributed by atoms with van der Waals surface area (Å²) < 4.78 is 0. The van der Waals surface area contributed by atoms with Gasteiger partial charge in [0.15, 0.2) is 11.5 Å². The summed E-state index contributed by atoms with van der Waals surface area (Å²) in [4.78, 5) is 15.6. The number of rotatable bonds is 4. The van der Waals surface area contributed by atoms with Crippen LogP contribution < -0.4 is 5.32 Å². The molecule has 0 radical (unpaired) electrons. The molecular formula is C14H15N5. The number of hydrogen-bond acceptors (Lipinski definition) is 4. The molecule has 3 rings (SSSR count). The van der Waals surface area contributed by atoms with Crippen LogP contribution in [0.1, 0.15) is 24.9 Å². The SMILES string of the molecule is CC[C@@H](Nc1ncnc2nc[nH]c12)c1ccccc1. The molecular weight excluding hydrogens is 238 g/mol. The summed E-state index contributed by atoms with van der Waals surface area (Å²) in [5, 5.41) is 3.45. The topological polar surface area (TPSA) is 66.5 Å². The Labute approximate surface area is 111 Å². The number of hydrogen-bond donors (Lipinski definition) is 2. The zero-order valence-electron chi connectivity index (χ0n) is 10.7. The van der Waals surface area contributed by atoms with E-state index in [0.717, 1.165) is 17.8 Å². The smallest absolute Gasteiger partial charge is 0.182 e. The van der Waals surface area contributed by atoms with Crippen LogP contribution in [0.25, 0.3) is 11.2 Å². The highest BCUT2D eigenvalue weighted by molar-refractivity contribution is 5.82. The van der Waals surface area contributed by atoms with Gasteiger partial charge in [0.05, 0.1) is 12.4 Å². The van der Waals surface area contributed by atoms with Gasteiger partial charge in [0.1, 0.15) is 11.8 Å². The van der Waals surface area contributed by atoms with Crippen molar-refractivity contribution in [2.24, 2.45) is 0 Å². The van der Waals surface area contributed by atoms with E-state index in [-0.39, 0.29) is 6.04 Å². The summed E-state index contributed by atoms with van der Waals surface area (Å²) in [7, 11) is 0. The highest BCUT2D eigenvalue weighted by Crippen LogP contribution is 2.24. The first-order valence-corrected chi connectivity index (χ1v) is 6.34. The summed E-state index contributed by atoms with van der Waals surface area (Å²) in [5.74, 6) is 0.790. The van der Waals surface area contributed by atoms with Crippen LogP contribution in [0.2, 0.25) is 0 Å². The van der Waals surface area contributed by atoms with E-state index in [0.29, 0.717) is 5.65 Å². The van der Waals surface area contributed by atoms with Gasteiger partial charge in [-0.25, -0.2) is 15.0 Å². The molecule has 19 heavy (non-hydrogen) atoms. The third kappa shape index (κ3) is 2.27. The summed E-state index contributed by atoms with van der Waals surface area (Å²) in [6.07, 6.45) is 4.14. The minimum absolute atomic E-state index is 0.225. The molecule has 2 N–H and O–H groups in total. The monoisotopic (exact) mass is 253 g/mol. The predicted molar refractivity (Wildman–Crippen MR) is 74.8 cm³/mol. The van der Waals surface area contributed by atoms with Crippen molar-refractivity contribution in [2.45, 2.75) is 19.4 Å². The number of H-pyrrole nitrogens is 1. The molecule has 0 saturated heterocycles. The largest absolute Gasteiger partial charge is 0.361 e. The number of aromatic nitrogens is 4. The standard InChI is InChI=1S/C14H15N5/c1-2-11(10-6-4-3-5-7-10)19-14-12-13(16-8-15-12)17-9-18-14/h3-9,11H,2H2,1H3,(H2,15,16,17,18,19)/t11-/m1/s1. The molecule has 3 aromatic rings. The molecule has 0 unspecified atom stereocenters. The van der Waals surface area contributed by atoms with Gasteiger partial charge in [-0.1, -0.05) is 37.3 Å². The number of benzene rings is 1. The van der Waals surface area contributed by atoms with Crippen LogP contribution in [0, 0.1) is 0 Å². The van der Waals surface area contributed by atoms with Crippen LogP contribution in [0.15, 0.2) is 43.0 Å². The highest BCUT2D eigenvalue weighted by Gasteiger charge is 2.12. The lowest BCUT2D eigenvalue weighted by molar-refractivity contribution is 0.745. The molecule has 0 aliphatic carbocycles. The second-order valence-electron chi connectivity index (χ2n) is 4.34. The lowest BCUT2D eigenvalue weighted by Gasteiger charge is -2.18. The van der Waals surface area contributed by atoms with E-state index >= 15 is 0 Å². The number of fused-ring (bicyclic) bond motifs is 1. The molecule has 0 aliphatic heterocycles. The van der Waals surface area contributed by atoms with Crippen LogP contribution in [0.3, 0.4) is 0 Å². The van der Waals surface area contributed by atoms with Crippen LogP contribution in [0.4, 0.5) is 5.82 Å². The first-order valence-electron chi connectivity index (χ1n) is 6.34. The maximum absolute atomic E-state index is 4.30. The first-order chi connectivity index (χ1) is 9.38.